The Morgan fingerprint density at radius 3 is 2.93 bits per heavy atom. The first-order chi connectivity index (χ1) is 13.8. The smallest absolute Gasteiger partial charge is 0.319 e. The van der Waals surface area contributed by atoms with Crippen molar-refractivity contribution < 1.29 is 14.3 Å². The highest BCUT2D eigenvalue weighted by atomic mass is 16.5. The molecule has 1 saturated heterocycles. The molecule has 0 unspecified atom stereocenters. The van der Waals surface area contributed by atoms with Crippen LogP contribution in [0.1, 0.15) is 63.8 Å². The van der Waals surface area contributed by atoms with Crippen molar-refractivity contribution >= 4 is 11.7 Å². The molecule has 2 aliphatic heterocycles. The van der Waals surface area contributed by atoms with Gasteiger partial charge in [0.2, 0.25) is 0 Å². The number of carbonyl (C=O) groups is 1. The molecular weight excluding hydrogens is 368 g/mol. The van der Waals surface area contributed by atoms with Gasteiger partial charge in [-0.1, -0.05) is 0 Å². The third-order valence-electron chi connectivity index (χ3n) is 5.59. The molecule has 0 saturated carbocycles. The predicted molar refractivity (Wildman–Crippen MR) is 111 cm³/mol. The van der Waals surface area contributed by atoms with Crippen LogP contribution in [0.4, 0.5) is 10.5 Å². The molecule has 0 aliphatic carbocycles. The fourth-order valence-corrected chi connectivity index (χ4v) is 3.92. The molecule has 29 heavy (non-hydrogen) atoms. The minimum Gasteiger partial charge on any atom is -0.488 e. The number of hydrogen-bond donors (Lipinski definition) is 2. The number of anilines is 1. The number of urea groups is 1. The Balaban J connectivity index is 1.39. The number of nitrogens with one attached hydrogen (secondary N) is 2. The molecule has 156 valence electrons. The van der Waals surface area contributed by atoms with Crippen molar-refractivity contribution in [2.75, 3.05) is 11.9 Å². The van der Waals surface area contributed by atoms with E-state index in [9.17, 15) is 4.79 Å². The molecule has 2 atom stereocenters. The van der Waals surface area contributed by atoms with Gasteiger partial charge in [0.15, 0.2) is 0 Å². The van der Waals surface area contributed by atoms with E-state index < -0.39 is 0 Å². The highest BCUT2D eigenvalue weighted by Crippen LogP contribution is 2.34. The zero-order valence-corrected chi connectivity index (χ0v) is 17.6. The first-order valence-electron chi connectivity index (χ1n) is 10.4. The molecule has 1 fully saturated rings. The van der Waals surface area contributed by atoms with E-state index in [0.717, 1.165) is 41.8 Å². The molecule has 3 heterocycles. The lowest BCUT2D eigenvalue weighted by Gasteiger charge is -2.32. The normalized spacial score (nSPS) is 22.8. The van der Waals surface area contributed by atoms with Crippen LogP contribution in [-0.4, -0.2) is 34.1 Å². The lowest BCUT2D eigenvalue weighted by molar-refractivity contribution is 0.0847. The molecule has 2 aromatic rings. The summed E-state index contributed by atoms with van der Waals surface area (Å²) >= 11 is 0. The van der Waals surface area contributed by atoms with Crippen LogP contribution in [0.5, 0.6) is 5.75 Å². The van der Waals surface area contributed by atoms with Crippen molar-refractivity contribution in [2.24, 2.45) is 0 Å². The van der Waals surface area contributed by atoms with Gasteiger partial charge in [-0.25, -0.2) is 4.79 Å². The van der Waals surface area contributed by atoms with Gasteiger partial charge in [-0.3, -0.25) is 4.68 Å². The van der Waals surface area contributed by atoms with Gasteiger partial charge in [0, 0.05) is 30.1 Å². The fourth-order valence-electron chi connectivity index (χ4n) is 3.92. The Kier molecular flexibility index (Phi) is 5.25. The number of aromatic nitrogens is 2. The van der Waals surface area contributed by atoms with E-state index in [1.54, 1.807) is 0 Å². The van der Waals surface area contributed by atoms with Gasteiger partial charge in [0.05, 0.1) is 12.2 Å². The summed E-state index contributed by atoms with van der Waals surface area (Å²) in [6.07, 6.45) is 6.33. The number of fused-ring (bicyclic) bond motifs is 1. The van der Waals surface area contributed by atoms with Crippen LogP contribution in [0.2, 0.25) is 0 Å². The van der Waals surface area contributed by atoms with Gasteiger partial charge in [0.1, 0.15) is 17.5 Å². The SMILES string of the molecule is CC(C)n1cc([C@@H]2OCC[C@H]2NC(=O)Nc2ccc3c(c2)CCC(C)(C)O3)cn1. The fraction of sp³-hybridized carbons (Fsp3) is 0.545. The molecule has 0 radical (unpaired) electrons. The summed E-state index contributed by atoms with van der Waals surface area (Å²) in [5, 5.41) is 10.4. The summed E-state index contributed by atoms with van der Waals surface area (Å²) in [6.45, 7) is 8.98. The molecule has 1 aromatic carbocycles. The zero-order valence-electron chi connectivity index (χ0n) is 17.6. The van der Waals surface area contributed by atoms with Crippen LogP contribution >= 0.6 is 0 Å². The number of amides is 2. The molecular formula is C22H30N4O3. The summed E-state index contributed by atoms with van der Waals surface area (Å²) in [4.78, 5) is 12.6. The maximum Gasteiger partial charge on any atom is 0.319 e. The average molecular weight is 399 g/mol. The van der Waals surface area contributed by atoms with Crippen molar-refractivity contribution in [3.63, 3.8) is 0 Å². The van der Waals surface area contributed by atoms with Crippen LogP contribution < -0.4 is 15.4 Å². The molecule has 4 rings (SSSR count). The number of hydrogen-bond acceptors (Lipinski definition) is 4. The third kappa shape index (κ3) is 4.40. The van der Waals surface area contributed by atoms with Crippen LogP contribution in [0, 0.1) is 0 Å². The van der Waals surface area contributed by atoms with E-state index in [4.69, 9.17) is 9.47 Å². The second-order valence-electron chi connectivity index (χ2n) is 8.82. The second-order valence-corrected chi connectivity index (χ2v) is 8.82. The average Bonchev–Trinajstić information content (AvgIpc) is 3.30. The Morgan fingerprint density at radius 1 is 1.34 bits per heavy atom. The monoisotopic (exact) mass is 398 g/mol. The Bertz CT molecular complexity index is 890. The van der Waals surface area contributed by atoms with E-state index in [0.29, 0.717) is 12.6 Å². The van der Waals surface area contributed by atoms with Crippen LogP contribution in [0.25, 0.3) is 0 Å². The Hall–Kier alpha value is -2.54. The van der Waals surface area contributed by atoms with Gasteiger partial charge in [0.25, 0.3) is 0 Å². The van der Waals surface area contributed by atoms with E-state index in [1.807, 2.05) is 35.3 Å². The van der Waals surface area contributed by atoms with E-state index >= 15 is 0 Å². The second kappa shape index (κ2) is 7.71. The number of benzene rings is 1. The lowest BCUT2D eigenvalue weighted by Crippen LogP contribution is -2.39. The first kappa shape index (κ1) is 19.8. The number of carbonyl (C=O) groups excluding carboxylic acids is 1. The van der Waals surface area contributed by atoms with Gasteiger partial charge in [-0.05, 0) is 70.7 Å². The van der Waals surface area contributed by atoms with Gasteiger partial charge in [-0.2, -0.15) is 5.10 Å². The van der Waals surface area contributed by atoms with Crippen LogP contribution in [0.15, 0.2) is 30.6 Å². The zero-order chi connectivity index (χ0) is 20.6. The first-order valence-corrected chi connectivity index (χ1v) is 10.4. The number of rotatable bonds is 4. The topological polar surface area (TPSA) is 77.4 Å². The Morgan fingerprint density at radius 2 is 2.17 bits per heavy atom. The highest BCUT2D eigenvalue weighted by molar-refractivity contribution is 5.89. The summed E-state index contributed by atoms with van der Waals surface area (Å²) in [5.41, 5.74) is 2.76. The van der Waals surface area contributed by atoms with Crippen LogP contribution in [0.3, 0.4) is 0 Å². The molecule has 7 nitrogen and oxygen atoms in total. The molecule has 0 spiro atoms. The van der Waals surface area contributed by atoms with Gasteiger partial charge < -0.3 is 20.1 Å². The molecule has 2 N–H and O–H groups in total. The standard InChI is InChI=1S/C22H30N4O3/c1-14(2)26-13-16(12-23-26)20-18(8-10-28-20)25-21(27)24-17-5-6-19-15(11-17)7-9-22(3,4)29-19/h5-6,11-14,18,20H,7-10H2,1-4H3,(H2,24,25,27)/t18-,20+/m1/s1. The number of nitrogens with zero attached hydrogens (tertiary/aromatic N) is 2. The molecule has 1 aromatic heterocycles. The number of aryl methyl sites for hydroxylation is 1. The third-order valence-corrected chi connectivity index (χ3v) is 5.59. The maximum absolute atomic E-state index is 12.6. The Labute approximate surface area is 171 Å². The summed E-state index contributed by atoms with van der Waals surface area (Å²) in [7, 11) is 0. The molecule has 0 bridgehead atoms. The quantitative estimate of drug-likeness (QED) is 0.808. The predicted octanol–water partition coefficient (Wildman–Crippen LogP) is 4.22. The van der Waals surface area contributed by atoms with E-state index in [2.05, 4.69) is 43.4 Å². The maximum atomic E-state index is 12.6. The minimum absolute atomic E-state index is 0.0819. The highest BCUT2D eigenvalue weighted by Gasteiger charge is 2.32. The van der Waals surface area contributed by atoms with Crippen molar-refractivity contribution in [1.29, 1.82) is 0 Å². The summed E-state index contributed by atoms with van der Waals surface area (Å²) < 4.78 is 13.8. The summed E-state index contributed by atoms with van der Waals surface area (Å²) in [6, 6.07) is 5.81. The molecule has 2 amide bonds. The largest absolute Gasteiger partial charge is 0.488 e. The van der Waals surface area contributed by atoms with Crippen molar-refractivity contribution in [3.8, 4) is 5.75 Å². The summed E-state index contributed by atoms with van der Waals surface area (Å²) in [5.74, 6) is 0.902. The van der Waals surface area contributed by atoms with Crippen molar-refractivity contribution in [3.05, 3.63) is 41.7 Å². The van der Waals surface area contributed by atoms with Gasteiger partial charge in [-0.15, -0.1) is 0 Å². The minimum atomic E-state index is -0.223. The van der Waals surface area contributed by atoms with E-state index in [-0.39, 0.29) is 23.8 Å². The lowest BCUT2D eigenvalue weighted by atomic mass is 9.94. The van der Waals surface area contributed by atoms with E-state index in [1.165, 1.54) is 0 Å². The van der Waals surface area contributed by atoms with Crippen molar-refractivity contribution in [1.82, 2.24) is 15.1 Å². The van der Waals surface area contributed by atoms with Gasteiger partial charge >= 0.3 is 6.03 Å². The van der Waals surface area contributed by atoms with Crippen molar-refractivity contribution in [2.45, 2.75) is 70.7 Å². The van der Waals surface area contributed by atoms with Crippen LogP contribution in [-0.2, 0) is 11.2 Å². The molecule has 2 aliphatic rings. The molecule has 7 heteroatoms. The number of ether oxygens (including phenoxy) is 2.